The van der Waals surface area contributed by atoms with Crippen LogP contribution in [-0.2, 0) is 9.59 Å². The lowest BCUT2D eigenvalue weighted by Gasteiger charge is -2.06. The highest BCUT2D eigenvalue weighted by Gasteiger charge is 2.24. The number of ether oxygens (including phenoxy) is 1. The SMILES string of the molecule is COc1ccccc1C1=CC(=O)NC1=O.N. The number of benzene rings is 1. The van der Waals surface area contributed by atoms with Gasteiger partial charge in [0, 0.05) is 11.6 Å². The topological polar surface area (TPSA) is 90.4 Å². The van der Waals surface area contributed by atoms with Gasteiger partial charge in [0.25, 0.3) is 11.8 Å². The summed E-state index contributed by atoms with van der Waals surface area (Å²) in [5, 5.41) is 2.19. The van der Waals surface area contributed by atoms with Crippen LogP contribution >= 0.6 is 0 Å². The van der Waals surface area contributed by atoms with Gasteiger partial charge in [-0.15, -0.1) is 0 Å². The Morgan fingerprint density at radius 2 is 1.88 bits per heavy atom. The quantitative estimate of drug-likeness (QED) is 0.724. The molecule has 5 heteroatoms. The average Bonchev–Trinajstić information content (AvgIpc) is 2.57. The summed E-state index contributed by atoms with van der Waals surface area (Å²) in [5.74, 6) is -0.195. The van der Waals surface area contributed by atoms with Gasteiger partial charge in [-0.2, -0.15) is 0 Å². The first-order chi connectivity index (χ1) is 7.22. The molecule has 0 spiro atoms. The molecule has 2 amide bonds. The number of hydrogen-bond acceptors (Lipinski definition) is 4. The first-order valence-corrected chi connectivity index (χ1v) is 4.43. The maximum absolute atomic E-state index is 11.4. The van der Waals surface area contributed by atoms with Crippen molar-refractivity contribution in [2.24, 2.45) is 0 Å². The van der Waals surface area contributed by atoms with E-state index in [9.17, 15) is 9.59 Å². The van der Waals surface area contributed by atoms with Crippen LogP contribution in [0.5, 0.6) is 5.75 Å². The molecule has 1 heterocycles. The zero-order valence-corrected chi connectivity index (χ0v) is 8.82. The summed E-state index contributed by atoms with van der Waals surface area (Å²) in [6, 6.07) is 7.07. The van der Waals surface area contributed by atoms with E-state index in [1.807, 2.05) is 0 Å². The summed E-state index contributed by atoms with van der Waals surface area (Å²) in [7, 11) is 1.52. The van der Waals surface area contributed by atoms with Crippen molar-refractivity contribution >= 4 is 17.4 Å². The van der Waals surface area contributed by atoms with Crippen LogP contribution < -0.4 is 16.2 Å². The van der Waals surface area contributed by atoms with Gasteiger partial charge in [-0.25, -0.2) is 0 Å². The maximum Gasteiger partial charge on any atom is 0.259 e. The van der Waals surface area contributed by atoms with Gasteiger partial charge in [-0.05, 0) is 6.07 Å². The zero-order valence-electron chi connectivity index (χ0n) is 8.82. The second-order valence-corrected chi connectivity index (χ2v) is 3.08. The van der Waals surface area contributed by atoms with Gasteiger partial charge in [-0.3, -0.25) is 14.9 Å². The molecular formula is C11H12N2O3. The summed E-state index contributed by atoms with van der Waals surface area (Å²) in [6.07, 6.45) is 1.28. The van der Waals surface area contributed by atoms with E-state index in [0.717, 1.165) is 0 Å². The summed E-state index contributed by atoms with van der Waals surface area (Å²) in [6.45, 7) is 0. The van der Waals surface area contributed by atoms with E-state index >= 15 is 0 Å². The van der Waals surface area contributed by atoms with Crippen LogP contribution in [0.15, 0.2) is 30.3 Å². The standard InChI is InChI=1S/C11H9NO3.H3N/c1-15-9-5-3-2-4-7(9)8-6-10(13)12-11(8)14;/h2-6H,1H3,(H,12,13,14);1H3. The van der Waals surface area contributed by atoms with E-state index < -0.39 is 0 Å². The molecule has 0 radical (unpaired) electrons. The van der Waals surface area contributed by atoms with Crippen molar-refractivity contribution in [2.75, 3.05) is 7.11 Å². The molecule has 0 atom stereocenters. The van der Waals surface area contributed by atoms with Crippen molar-refractivity contribution in [2.45, 2.75) is 0 Å². The minimum Gasteiger partial charge on any atom is -0.496 e. The summed E-state index contributed by atoms with van der Waals surface area (Å²) in [4.78, 5) is 22.4. The molecule has 0 unspecified atom stereocenters. The summed E-state index contributed by atoms with van der Waals surface area (Å²) >= 11 is 0. The van der Waals surface area contributed by atoms with Crippen molar-refractivity contribution in [1.29, 1.82) is 0 Å². The Morgan fingerprint density at radius 1 is 1.19 bits per heavy atom. The second kappa shape index (κ2) is 4.59. The van der Waals surface area contributed by atoms with Crippen LogP contribution in [-0.4, -0.2) is 18.9 Å². The Labute approximate surface area is 92.7 Å². The van der Waals surface area contributed by atoms with Gasteiger partial charge in [0.15, 0.2) is 0 Å². The highest BCUT2D eigenvalue weighted by Crippen LogP contribution is 2.27. The van der Waals surface area contributed by atoms with Crippen LogP contribution in [0.1, 0.15) is 5.56 Å². The van der Waals surface area contributed by atoms with Crippen molar-refractivity contribution in [3.05, 3.63) is 35.9 Å². The Balaban J connectivity index is 0.00000128. The van der Waals surface area contributed by atoms with Crippen LogP contribution in [0.2, 0.25) is 0 Å². The summed E-state index contributed by atoms with van der Waals surface area (Å²) < 4.78 is 5.11. The van der Waals surface area contributed by atoms with E-state index in [0.29, 0.717) is 16.9 Å². The Bertz CT molecular complexity index is 466. The number of carbonyl (C=O) groups is 2. The van der Waals surface area contributed by atoms with Crippen molar-refractivity contribution in [3.8, 4) is 5.75 Å². The van der Waals surface area contributed by atoms with Gasteiger partial charge < -0.3 is 10.9 Å². The number of amides is 2. The van der Waals surface area contributed by atoms with Crippen molar-refractivity contribution in [1.82, 2.24) is 11.5 Å². The lowest BCUT2D eigenvalue weighted by atomic mass is 10.1. The van der Waals surface area contributed by atoms with Crippen LogP contribution in [0, 0.1) is 0 Å². The molecule has 1 aromatic rings. The van der Waals surface area contributed by atoms with E-state index in [2.05, 4.69) is 5.32 Å². The minimum atomic E-state index is -0.388. The Hall–Kier alpha value is -2.14. The fourth-order valence-corrected chi connectivity index (χ4v) is 1.48. The number of nitrogens with one attached hydrogen (secondary N) is 1. The number of methoxy groups -OCH3 is 1. The molecule has 0 aromatic heterocycles. The van der Waals surface area contributed by atoms with Crippen molar-refractivity contribution < 1.29 is 14.3 Å². The number of imide groups is 1. The third-order valence-electron chi connectivity index (χ3n) is 2.15. The molecule has 84 valence electrons. The van der Waals surface area contributed by atoms with Crippen LogP contribution in [0.4, 0.5) is 0 Å². The van der Waals surface area contributed by atoms with Crippen molar-refractivity contribution in [3.63, 3.8) is 0 Å². The number of rotatable bonds is 2. The van der Waals surface area contributed by atoms with Gasteiger partial charge in [-0.1, -0.05) is 18.2 Å². The maximum atomic E-state index is 11.4. The molecular weight excluding hydrogens is 208 g/mol. The summed E-state index contributed by atoms with van der Waals surface area (Å²) in [5.41, 5.74) is 0.973. The lowest BCUT2D eigenvalue weighted by molar-refractivity contribution is -0.123. The molecule has 0 saturated carbocycles. The largest absolute Gasteiger partial charge is 0.496 e. The average molecular weight is 220 g/mol. The number of hydrogen-bond donors (Lipinski definition) is 2. The molecule has 5 nitrogen and oxygen atoms in total. The predicted octanol–water partition coefficient (Wildman–Crippen LogP) is 0.897. The van der Waals surface area contributed by atoms with E-state index in [4.69, 9.17) is 4.74 Å². The lowest BCUT2D eigenvalue weighted by Crippen LogP contribution is -2.21. The fourth-order valence-electron chi connectivity index (χ4n) is 1.48. The Kier molecular flexibility index (Phi) is 3.42. The first kappa shape index (κ1) is 11.9. The van der Waals surface area contributed by atoms with Crippen LogP contribution in [0.25, 0.3) is 5.57 Å². The molecule has 2 rings (SSSR count). The third-order valence-corrected chi connectivity index (χ3v) is 2.15. The van der Waals surface area contributed by atoms with E-state index in [1.165, 1.54) is 13.2 Å². The molecule has 0 aliphatic carbocycles. The smallest absolute Gasteiger partial charge is 0.259 e. The Morgan fingerprint density at radius 3 is 2.44 bits per heavy atom. The third kappa shape index (κ3) is 1.94. The van der Waals surface area contributed by atoms with E-state index in [-0.39, 0.29) is 18.0 Å². The molecule has 4 N–H and O–H groups in total. The normalized spacial score (nSPS) is 13.9. The molecule has 1 aliphatic heterocycles. The van der Waals surface area contributed by atoms with E-state index in [1.54, 1.807) is 24.3 Å². The van der Waals surface area contributed by atoms with Crippen LogP contribution in [0.3, 0.4) is 0 Å². The fraction of sp³-hybridized carbons (Fsp3) is 0.0909. The number of para-hydroxylation sites is 1. The minimum absolute atomic E-state index is 0. The second-order valence-electron chi connectivity index (χ2n) is 3.08. The van der Waals surface area contributed by atoms with Gasteiger partial charge in [0.1, 0.15) is 5.75 Å². The molecule has 0 saturated heterocycles. The highest BCUT2D eigenvalue weighted by atomic mass is 16.5. The molecule has 0 fully saturated rings. The monoisotopic (exact) mass is 220 g/mol. The molecule has 1 aromatic carbocycles. The zero-order chi connectivity index (χ0) is 10.8. The molecule has 0 bridgehead atoms. The van der Waals surface area contributed by atoms with Gasteiger partial charge in [0.05, 0.1) is 12.7 Å². The predicted molar refractivity (Wildman–Crippen MR) is 59.1 cm³/mol. The van der Waals surface area contributed by atoms with Gasteiger partial charge in [0.2, 0.25) is 0 Å². The highest BCUT2D eigenvalue weighted by molar-refractivity contribution is 6.33. The first-order valence-electron chi connectivity index (χ1n) is 4.43. The van der Waals surface area contributed by atoms with Gasteiger partial charge >= 0.3 is 0 Å². The molecule has 1 aliphatic rings. The molecule has 16 heavy (non-hydrogen) atoms. The number of carbonyl (C=O) groups excluding carboxylic acids is 2.